The average molecular weight is 316 g/mol. The van der Waals surface area contributed by atoms with E-state index in [2.05, 4.69) is 10.6 Å². The lowest BCUT2D eigenvalue weighted by Gasteiger charge is -2.20. The van der Waals surface area contributed by atoms with Gasteiger partial charge in [-0.3, -0.25) is 0 Å². The van der Waals surface area contributed by atoms with Gasteiger partial charge in [0.25, 0.3) is 0 Å². The first-order valence-corrected chi connectivity index (χ1v) is 7.38. The third kappa shape index (κ3) is 5.98. The van der Waals surface area contributed by atoms with Crippen molar-refractivity contribution in [2.24, 2.45) is 0 Å². The van der Waals surface area contributed by atoms with Crippen LogP contribution in [-0.4, -0.2) is 11.6 Å². The fourth-order valence-electron chi connectivity index (χ4n) is 1.97. The normalized spacial score (nSPS) is 11.0. The Hall–Kier alpha value is -2.56. The number of carbonyl (C=O) groups is 1. The zero-order valence-electron chi connectivity index (χ0n) is 13.5. The highest BCUT2D eigenvalue weighted by molar-refractivity contribution is 5.89. The fraction of sp³-hybridized carbons (Fsp3) is 0.278. The number of ether oxygens (including phenoxy) is 1. The van der Waals surface area contributed by atoms with Crippen molar-refractivity contribution in [1.29, 1.82) is 0 Å². The molecular formula is C18H21FN2O2. The van der Waals surface area contributed by atoms with Crippen LogP contribution in [0.4, 0.5) is 14.9 Å². The summed E-state index contributed by atoms with van der Waals surface area (Å²) in [5, 5.41) is 5.61. The van der Waals surface area contributed by atoms with Gasteiger partial charge in [-0.25, -0.2) is 9.18 Å². The third-order valence-corrected chi connectivity index (χ3v) is 2.87. The maximum absolute atomic E-state index is 13.1. The Bertz CT molecular complexity index is 681. The molecule has 0 saturated carbocycles. The van der Waals surface area contributed by atoms with Gasteiger partial charge in [-0.2, -0.15) is 0 Å². The summed E-state index contributed by atoms with van der Waals surface area (Å²) in [6.07, 6.45) is 0. The Labute approximate surface area is 135 Å². The van der Waals surface area contributed by atoms with E-state index in [0.717, 1.165) is 5.56 Å². The summed E-state index contributed by atoms with van der Waals surface area (Å²) in [5.41, 5.74) is 1.25. The van der Waals surface area contributed by atoms with Crippen molar-refractivity contribution in [2.45, 2.75) is 32.9 Å². The number of hydrogen-bond acceptors (Lipinski definition) is 2. The van der Waals surface area contributed by atoms with E-state index >= 15 is 0 Å². The van der Waals surface area contributed by atoms with Crippen molar-refractivity contribution in [2.75, 3.05) is 5.32 Å². The van der Waals surface area contributed by atoms with Crippen LogP contribution in [0.3, 0.4) is 0 Å². The number of hydrogen-bond donors (Lipinski definition) is 2. The Morgan fingerprint density at radius 1 is 1.13 bits per heavy atom. The monoisotopic (exact) mass is 316 g/mol. The number of carbonyl (C=O) groups excluding carboxylic acids is 1. The van der Waals surface area contributed by atoms with Gasteiger partial charge in [-0.05, 0) is 50.6 Å². The van der Waals surface area contributed by atoms with Crippen LogP contribution in [0.25, 0.3) is 0 Å². The summed E-state index contributed by atoms with van der Waals surface area (Å²) in [7, 11) is 0. The van der Waals surface area contributed by atoms with E-state index in [4.69, 9.17) is 4.74 Å². The van der Waals surface area contributed by atoms with Crippen LogP contribution >= 0.6 is 0 Å². The Morgan fingerprint density at radius 2 is 1.87 bits per heavy atom. The number of halogens is 1. The van der Waals surface area contributed by atoms with Crippen LogP contribution in [0.5, 0.6) is 5.75 Å². The van der Waals surface area contributed by atoms with E-state index in [1.807, 2.05) is 39.0 Å². The highest BCUT2D eigenvalue weighted by Gasteiger charge is 2.13. The quantitative estimate of drug-likeness (QED) is 0.882. The molecule has 5 heteroatoms. The molecular weight excluding hydrogens is 295 g/mol. The smallest absolute Gasteiger partial charge is 0.319 e. The van der Waals surface area contributed by atoms with Crippen molar-refractivity contribution in [3.8, 4) is 5.75 Å². The second-order valence-electron chi connectivity index (χ2n) is 6.28. The molecule has 2 aromatic rings. The van der Waals surface area contributed by atoms with Gasteiger partial charge in [0, 0.05) is 17.3 Å². The first kappa shape index (κ1) is 16.8. The number of amides is 2. The van der Waals surface area contributed by atoms with Crippen molar-refractivity contribution in [1.82, 2.24) is 5.32 Å². The van der Waals surface area contributed by atoms with Crippen LogP contribution in [0, 0.1) is 5.82 Å². The van der Waals surface area contributed by atoms with Crippen LogP contribution < -0.4 is 15.4 Å². The molecule has 0 radical (unpaired) electrons. The van der Waals surface area contributed by atoms with E-state index in [0.29, 0.717) is 18.0 Å². The van der Waals surface area contributed by atoms with Gasteiger partial charge in [0.1, 0.15) is 18.2 Å². The molecule has 2 rings (SSSR count). The van der Waals surface area contributed by atoms with Crippen molar-refractivity contribution < 1.29 is 13.9 Å². The van der Waals surface area contributed by atoms with E-state index < -0.39 is 0 Å². The molecule has 2 aromatic carbocycles. The maximum Gasteiger partial charge on any atom is 0.319 e. The topological polar surface area (TPSA) is 50.4 Å². The minimum Gasteiger partial charge on any atom is -0.489 e. The van der Waals surface area contributed by atoms with Crippen LogP contribution in [0.1, 0.15) is 26.3 Å². The van der Waals surface area contributed by atoms with Crippen molar-refractivity contribution in [3.63, 3.8) is 0 Å². The third-order valence-electron chi connectivity index (χ3n) is 2.87. The Balaban J connectivity index is 1.95. The predicted octanol–water partition coefficient (Wildman–Crippen LogP) is 4.32. The molecule has 23 heavy (non-hydrogen) atoms. The molecule has 122 valence electrons. The molecule has 0 aromatic heterocycles. The SMILES string of the molecule is CC(C)(C)NC(=O)Nc1cccc(COc2cccc(F)c2)c1. The van der Waals surface area contributed by atoms with Gasteiger partial charge in [0.15, 0.2) is 0 Å². The largest absolute Gasteiger partial charge is 0.489 e. The number of benzene rings is 2. The van der Waals surface area contributed by atoms with Crippen molar-refractivity contribution in [3.05, 3.63) is 59.9 Å². The van der Waals surface area contributed by atoms with Crippen LogP contribution in [-0.2, 0) is 6.61 Å². The van der Waals surface area contributed by atoms with E-state index in [-0.39, 0.29) is 17.4 Å². The Morgan fingerprint density at radius 3 is 2.57 bits per heavy atom. The lowest BCUT2D eigenvalue weighted by atomic mass is 10.1. The summed E-state index contributed by atoms with van der Waals surface area (Å²) < 4.78 is 18.6. The lowest BCUT2D eigenvalue weighted by Crippen LogP contribution is -2.43. The van der Waals surface area contributed by atoms with E-state index in [9.17, 15) is 9.18 Å². The van der Waals surface area contributed by atoms with Gasteiger partial charge in [0.2, 0.25) is 0 Å². The second kappa shape index (κ2) is 7.13. The van der Waals surface area contributed by atoms with E-state index in [1.54, 1.807) is 18.2 Å². The predicted molar refractivity (Wildman–Crippen MR) is 89.1 cm³/mol. The molecule has 0 atom stereocenters. The zero-order chi connectivity index (χ0) is 16.9. The fourth-order valence-corrected chi connectivity index (χ4v) is 1.97. The molecule has 0 bridgehead atoms. The number of rotatable bonds is 4. The van der Waals surface area contributed by atoms with Crippen LogP contribution in [0.2, 0.25) is 0 Å². The lowest BCUT2D eigenvalue weighted by molar-refractivity contribution is 0.244. The highest BCUT2D eigenvalue weighted by atomic mass is 19.1. The van der Waals surface area contributed by atoms with Gasteiger partial charge in [-0.1, -0.05) is 18.2 Å². The van der Waals surface area contributed by atoms with Gasteiger partial charge in [0.05, 0.1) is 0 Å². The second-order valence-corrected chi connectivity index (χ2v) is 6.28. The van der Waals surface area contributed by atoms with Crippen LogP contribution in [0.15, 0.2) is 48.5 Å². The molecule has 0 unspecified atom stereocenters. The molecule has 0 aliphatic carbocycles. The van der Waals surface area contributed by atoms with Crippen molar-refractivity contribution >= 4 is 11.7 Å². The molecule has 2 amide bonds. The average Bonchev–Trinajstić information content (AvgIpc) is 2.43. The molecule has 0 aliphatic heterocycles. The van der Waals surface area contributed by atoms with Gasteiger partial charge >= 0.3 is 6.03 Å². The first-order valence-electron chi connectivity index (χ1n) is 7.38. The maximum atomic E-state index is 13.1. The summed E-state index contributed by atoms with van der Waals surface area (Å²) in [5.74, 6) is 0.130. The molecule has 0 aliphatic rings. The zero-order valence-corrected chi connectivity index (χ0v) is 13.5. The summed E-state index contributed by atoms with van der Waals surface area (Å²) in [6, 6.07) is 13.1. The number of anilines is 1. The van der Waals surface area contributed by atoms with Gasteiger partial charge < -0.3 is 15.4 Å². The van der Waals surface area contributed by atoms with E-state index in [1.165, 1.54) is 12.1 Å². The molecule has 0 fully saturated rings. The highest BCUT2D eigenvalue weighted by Crippen LogP contribution is 2.16. The summed E-state index contributed by atoms with van der Waals surface area (Å²) >= 11 is 0. The molecule has 0 heterocycles. The number of urea groups is 1. The summed E-state index contributed by atoms with van der Waals surface area (Å²) in [6.45, 7) is 6.03. The molecule has 0 spiro atoms. The Kier molecular flexibility index (Phi) is 5.21. The molecule has 2 N–H and O–H groups in total. The minimum atomic E-state index is -0.336. The molecule has 0 saturated heterocycles. The minimum absolute atomic E-state index is 0.263. The molecule has 4 nitrogen and oxygen atoms in total. The van der Waals surface area contributed by atoms with Gasteiger partial charge in [-0.15, -0.1) is 0 Å². The summed E-state index contributed by atoms with van der Waals surface area (Å²) in [4.78, 5) is 11.9. The number of nitrogens with one attached hydrogen (secondary N) is 2. The standard InChI is InChI=1S/C18H21FN2O2/c1-18(2,3)21-17(22)20-15-8-4-6-13(10-15)12-23-16-9-5-7-14(19)11-16/h4-11H,12H2,1-3H3,(H2,20,21,22). The first-order chi connectivity index (χ1) is 10.8.